The lowest BCUT2D eigenvalue weighted by atomic mass is 10.3. The Morgan fingerprint density at radius 3 is 2.80 bits per heavy atom. The van der Waals surface area contributed by atoms with Crippen LogP contribution in [0.5, 0.6) is 0 Å². The quantitative estimate of drug-likeness (QED) is 0.598. The Bertz CT molecular complexity index is 333. The molecule has 0 aromatic carbocycles. The average molecular weight is 226 g/mol. The van der Waals surface area contributed by atoms with E-state index in [1.807, 2.05) is 6.92 Å². The minimum absolute atomic E-state index is 0.116. The van der Waals surface area contributed by atoms with Gasteiger partial charge in [-0.25, -0.2) is 4.98 Å². The Kier molecular flexibility index (Phi) is 4.91. The minimum atomic E-state index is 0.116. The highest BCUT2D eigenvalue weighted by molar-refractivity contribution is 7.13. The molecule has 84 valence electrons. The van der Waals surface area contributed by atoms with Crippen molar-refractivity contribution in [3.05, 3.63) is 15.6 Å². The van der Waals surface area contributed by atoms with Gasteiger partial charge in [-0.05, 0) is 19.9 Å². The molecule has 0 saturated carbocycles. The number of ketones is 1. The second-order valence-corrected chi connectivity index (χ2v) is 4.69. The lowest BCUT2D eigenvalue weighted by molar-refractivity contribution is 0.102. The first kappa shape index (κ1) is 12.3. The molecule has 0 amide bonds. The van der Waals surface area contributed by atoms with Gasteiger partial charge in [0, 0.05) is 13.5 Å². The van der Waals surface area contributed by atoms with Crippen molar-refractivity contribution in [1.82, 2.24) is 10.3 Å². The predicted octanol–water partition coefficient (Wildman–Crippen LogP) is 2.54. The molecule has 0 aliphatic rings. The van der Waals surface area contributed by atoms with Crippen molar-refractivity contribution in [2.24, 2.45) is 0 Å². The number of aromatic nitrogens is 1. The number of nitrogens with zero attached hydrogens (tertiary/aromatic N) is 1. The zero-order valence-electron chi connectivity index (χ0n) is 9.59. The lowest BCUT2D eigenvalue weighted by Gasteiger charge is -1.99. The number of aryl methyl sites for hydroxylation is 1. The zero-order valence-corrected chi connectivity index (χ0v) is 10.4. The van der Waals surface area contributed by atoms with E-state index < -0.39 is 0 Å². The maximum atomic E-state index is 11.2. The minimum Gasteiger partial charge on any atom is -0.310 e. The van der Waals surface area contributed by atoms with Gasteiger partial charge in [-0.2, -0.15) is 0 Å². The molecule has 1 aromatic heterocycles. The number of carbonyl (C=O) groups is 1. The summed E-state index contributed by atoms with van der Waals surface area (Å²) in [5, 5.41) is 4.33. The van der Waals surface area contributed by atoms with Gasteiger partial charge in [0.25, 0.3) is 0 Å². The maximum absolute atomic E-state index is 11.2. The van der Waals surface area contributed by atoms with E-state index in [4.69, 9.17) is 0 Å². The summed E-state index contributed by atoms with van der Waals surface area (Å²) in [5.74, 6) is 0.116. The van der Waals surface area contributed by atoms with E-state index in [9.17, 15) is 4.79 Å². The van der Waals surface area contributed by atoms with Gasteiger partial charge >= 0.3 is 0 Å². The van der Waals surface area contributed by atoms with Crippen molar-refractivity contribution in [2.75, 3.05) is 6.54 Å². The molecule has 0 spiro atoms. The van der Waals surface area contributed by atoms with E-state index in [2.05, 4.69) is 17.2 Å². The van der Waals surface area contributed by atoms with E-state index >= 15 is 0 Å². The summed E-state index contributed by atoms with van der Waals surface area (Å²) in [6.07, 6.45) is 2.38. The molecule has 0 atom stereocenters. The lowest BCUT2D eigenvalue weighted by Crippen LogP contribution is -2.14. The maximum Gasteiger partial charge on any atom is 0.171 e. The fraction of sp³-hybridized carbons (Fsp3) is 0.636. The molecule has 4 heteroatoms. The largest absolute Gasteiger partial charge is 0.310 e. The normalized spacial score (nSPS) is 10.6. The number of Topliss-reactive ketones (excluding diaryl/α,β-unsaturated/α-hetero) is 1. The fourth-order valence-electron chi connectivity index (χ4n) is 1.35. The molecule has 0 radical (unpaired) electrons. The van der Waals surface area contributed by atoms with Gasteiger partial charge in [0.1, 0.15) is 5.01 Å². The molecule has 0 unspecified atom stereocenters. The summed E-state index contributed by atoms with van der Waals surface area (Å²) in [5.41, 5.74) is 0.861. The molecule has 1 rings (SSSR count). The third-order valence-electron chi connectivity index (χ3n) is 2.14. The standard InChI is InChI=1S/C11H18N2OS/c1-4-5-6-12-7-10-13-8(2)11(15-10)9(3)14/h12H,4-7H2,1-3H3. The molecule has 0 fully saturated rings. The second-order valence-electron chi connectivity index (χ2n) is 3.61. The molecule has 0 aliphatic heterocycles. The van der Waals surface area contributed by atoms with Crippen LogP contribution in [-0.2, 0) is 6.54 Å². The Hall–Kier alpha value is -0.740. The van der Waals surface area contributed by atoms with Crippen molar-refractivity contribution in [3.8, 4) is 0 Å². The Morgan fingerprint density at radius 1 is 1.53 bits per heavy atom. The Morgan fingerprint density at radius 2 is 2.27 bits per heavy atom. The molecule has 0 saturated heterocycles. The summed E-state index contributed by atoms with van der Waals surface area (Å²) in [6, 6.07) is 0. The number of nitrogens with one attached hydrogen (secondary N) is 1. The fourth-order valence-corrected chi connectivity index (χ4v) is 2.28. The summed E-state index contributed by atoms with van der Waals surface area (Å²) in [6.45, 7) is 7.45. The van der Waals surface area contributed by atoms with Crippen molar-refractivity contribution in [2.45, 2.75) is 40.2 Å². The highest BCUT2D eigenvalue weighted by Gasteiger charge is 2.10. The summed E-state index contributed by atoms with van der Waals surface area (Å²) < 4.78 is 0. The van der Waals surface area contributed by atoms with Crippen LogP contribution in [0.1, 0.15) is 47.1 Å². The Labute approximate surface area is 94.9 Å². The number of unbranched alkanes of at least 4 members (excludes halogenated alkanes) is 1. The van der Waals surface area contributed by atoms with Gasteiger partial charge in [0.15, 0.2) is 5.78 Å². The zero-order chi connectivity index (χ0) is 11.3. The van der Waals surface area contributed by atoms with E-state index in [0.29, 0.717) is 0 Å². The number of carbonyl (C=O) groups excluding carboxylic acids is 1. The first-order valence-corrected chi connectivity index (χ1v) is 6.14. The van der Waals surface area contributed by atoms with E-state index in [1.54, 1.807) is 6.92 Å². The number of rotatable bonds is 6. The van der Waals surface area contributed by atoms with Gasteiger partial charge in [-0.15, -0.1) is 11.3 Å². The monoisotopic (exact) mass is 226 g/mol. The van der Waals surface area contributed by atoms with Gasteiger partial charge in [-0.3, -0.25) is 4.79 Å². The van der Waals surface area contributed by atoms with E-state index in [1.165, 1.54) is 24.2 Å². The van der Waals surface area contributed by atoms with Crippen LogP contribution in [0, 0.1) is 6.92 Å². The average Bonchev–Trinajstić information content (AvgIpc) is 2.55. The summed E-state index contributed by atoms with van der Waals surface area (Å²) >= 11 is 1.50. The molecule has 0 bridgehead atoms. The topological polar surface area (TPSA) is 42.0 Å². The molecule has 0 aliphatic carbocycles. The molecular weight excluding hydrogens is 208 g/mol. The molecule has 1 N–H and O–H groups in total. The smallest absolute Gasteiger partial charge is 0.171 e. The van der Waals surface area contributed by atoms with Crippen LogP contribution < -0.4 is 5.32 Å². The molecule has 1 heterocycles. The van der Waals surface area contributed by atoms with E-state index in [-0.39, 0.29) is 5.78 Å². The second kappa shape index (κ2) is 5.98. The summed E-state index contributed by atoms with van der Waals surface area (Å²) in [4.78, 5) is 16.4. The van der Waals surface area contributed by atoms with Crippen LogP contribution in [-0.4, -0.2) is 17.3 Å². The molecule has 3 nitrogen and oxygen atoms in total. The van der Waals surface area contributed by atoms with Crippen LogP contribution in [0.25, 0.3) is 0 Å². The predicted molar refractivity (Wildman–Crippen MR) is 63.5 cm³/mol. The number of thiazole rings is 1. The van der Waals surface area contributed by atoms with E-state index in [0.717, 1.165) is 28.7 Å². The third kappa shape index (κ3) is 3.72. The van der Waals surface area contributed by atoms with Gasteiger partial charge < -0.3 is 5.32 Å². The molecule has 15 heavy (non-hydrogen) atoms. The first-order valence-electron chi connectivity index (χ1n) is 5.33. The SMILES string of the molecule is CCCCNCc1nc(C)c(C(C)=O)s1. The third-order valence-corrected chi connectivity index (χ3v) is 3.40. The van der Waals surface area contributed by atoms with Gasteiger partial charge in [-0.1, -0.05) is 13.3 Å². The Balaban J connectivity index is 2.48. The van der Waals surface area contributed by atoms with Gasteiger partial charge in [0.05, 0.1) is 10.6 Å². The van der Waals surface area contributed by atoms with Crippen LogP contribution >= 0.6 is 11.3 Å². The molecular formula is C11H18N2OS. The number of hydrogen-bond donors (Lipinski definition) is 1. The highest BCUT2D eigenvalue weighted by atomic mass is 32.1. The first-order chi connectivity index (χ1) is 7.15. The van der Waals surface area contributed by atoms with Crippen molar-refractivity contribution in [3.63, 3.8) is 0 Å². The highest BCUT2D eigenvalue weighted by Crippen LogP contribution is 2.18. The molecule has 1 aromatic rings. The van der Waals surface area contributed by atoms with Gasteiger partial charge in [0.2, 0.25) is 0 Å². The number of hydrogen-bond acceptors (Lipinski definition) is 4. The van der Waals surface area contributed by atoms with Crippen LogP contribution in [0.3, 0.4) is 0 Å². The summed E-state index contributed by atoms with van der Waals surface area (Å²) in [7, 11) is 0. The van der Waals surface area contributed by atoms with Crippen molar-refractivity contribution < 1.29 is 4.79 Å². The van der Waals surface area contributed by atoms with Crippen LogP contribution in [0.4, 0.5) is 0 Å². The van der Waals surface area contributed by atoms with Crippen LogP contribution in [0.2, 0.25) is 0 Å². The van der Waals surface area contributed by atoms with Crippen molar-refractivity contribution >= 4 is 17.1 Å². The van der Waals surface area contributed by atoms with Crippen molar-refractivity contribution in [1.29, 1.82) is 0 Å². The van der Waals surface area contributed by atoms with Crippen LogP contribution in [0.15, 0.2) is 0 Å².